The van der Waals surface area contributed by atoms with Crippen molar-refractivity contribution in [2.24, 2.45) is 0 Å². The number of benzene rings is 2. The fraction of sp³-hybridized carbons (Fsp3) is 0.182. The van der Waals surface area contributed by atoms with E-state index >= 15 is 0 Å². The van der Waals surface area contributed by atoms with Crippen molar-refractivity contribution < 1.29 is 0 Å². The van der Waals surface area contributed by atoms with Gasteiger partial charge in [-0.2, -0.15) is 0 Å². The van der Waals surface area contributed by atoms with Gasteiger partial charge in [0.05, 0.1) is 11.2 Å². The van der Waals surface area contributed by atoms with E-state index in [-0.39, 0.29) is 5.41 Å². The topological polar surface area (TPSA) is 25.8 Å². The van der Waals surface area contributed by atoms with Gasteiger partial charge in [0, 0.05) is 34.1 Å². The molecule has 2 aromatic heterocycles. The lowest BCUT2D eigenvalue weighted by molar-refractivity contribution is 0.648. The molecule has 0 bridgehead atoms. The second-order valence-electron chi connectivity index (χ2n) is 7.20. The molecule has 2 nitrogen and oxygen atoms in total. The van der Waals surface area contributed by atoms with E-state index in [0.29, 0.717) is 0 Å². The fourth-order valence-corrected chi connectivity index (χ4v) is 4.29. The highest BCUT2D eigenvalue weighted by atomic mass is 14.7. The van der Waals surface area contributed by atoms with Gasteiger partial charge >= 0.3 is 0 Å². The van der Waals surface area contributed by atoms with Gasteiger partial charge in [0.15, 0.2) is 0 Å². The van der Waals surface area contributed by atoms with Crippen LogP contribution in [0.5, 0.6) is 0 Å². The van der Waals surface area contributed by atoms with Crippen molar-refractivity contribution in [1.82, 2.24) is 9.97 Å². The summed E-state index contributed by atoms with van der Waals surface area (Å²) in [5.74, 6) is 0. The van der Waals surface area contributed by atoms with Crippen LogP contribution in [-0.2, 0) is 5.41 Å². The second kappa shape index (κ2) is 4.41. The maximum Gasteiger partial charge on any atom is 0.0756 e. The monoisotopic (exact) mass is 310 g/mol. The maximum absolute atomic E-state index is 4.90. The van der Waals surface area contributed by atoms with Crippen LogP contribution in [-0.4, -0.2) is 9.97 Å². The Morgan fingerprint density at radius 2 is 1.71 bits per heavy atom. The molecule has 116 valence electrons. The normalized spacial score (nSPS) is 14.8. The number of hydrogen-bond donors (Lipinski definition) is 0. The van der Waals surface area contributed by atoms with Crippen molar-refractivity contribution >= 4 is 21.7 Å². The molecule has 0 unspecified atom stereocenters. The molecule has 0 spiro atoms. The van der Waals surface area contributed by atoms with Crippen LogP contribution in [0.4, 0.5) is 0 Å². The first-order valence-electron chi connectivity index (χ1n) is 8.36. The van der Waals surface area contributed by atoms with Crippen LogP contribution in [0.15, 0.2) is 54.9 Å². The highest BCUT2D eigenvalue weighted by Crippen LogP contribution is 2.49. The van der Waals surface area contributed by atoms with Gasteiger partial charge in [-0.15, -0.1) is 0 Å². The summed E-state index contributed by atoms with van der Waals surface area (Å²) in [6.07, 6.45) is 3.92. The maximum atomic E-state index is 4.90. The standard InChI is InChI=1S/C22H18N2/c1-13-6-4-7-14-16(13)12-24-21-15-10-11-23-18-9-5-8-17(19(15)18)22(2,3)20(14)21/h4-12H,1-3H3. The molecule has 5 rings (SSSR count). The zero-order valence-electron chi connectivity index (χ0n) is 14.1. The van der Waals surface area contributed by atoms with Gasteiger partial charge in [-0.25, -0.2) is 0 Å². The third kappa shape index (κ3) is 1.56. The molecular weight excluding hydrogens is 292 g/mol. The predicted octanol–water partition coefficient (Wildman–Crippen LogP) is 5.40. The van der Waals surface area contributed by atoms with Crippen LogP contribution in [0.2, 0.25) is 0 Å². The number of rotatable bonds is 0. The van der Waals surface area contributed by atoms with Gasteiger partial charge in [-0.1, -0.05) is 44.2 Å². The summed E-state index contributed by atoms with van der Waals surface area (Å²) in [7, 11) is 0. The van der Waals surface area contributed by atoms with E-state index in [0.717, 1.165) is 11.2 Å². The van der Waals surface area contributed by atoms with Gasteiger partial charge in [0.1, 0.15) is 0 Å². The third-order valence-corrected chi connectivity index (χ3v) is 5.47. The average molecular weight is 310 g/mol. The van der Waals surface area contributed by atoms with E-state index in [1.165, 1.54) is 38.4 Å². The molecule has 1 aliphatic rings. The van der Waals surface area contributed by atoms with Gasteiger partial charge in [-0.3, -0.25) is 9.97 Å². The number of pyridine rings is 2. The second-order valence-corrected chi connectivity index (χ2v) is 7.20. The summed E-state index contributed by atoms with van der Waals surface area (Å²) < 4.78 is 0. The Hall–Kier alpha value is -2.74. The fourth-order valence-electron chi connectivity index (χ4n) is 4.29. The molecule has 2 heterocycles. The van der Waals surface area contributed by atoms with E-state index in [4.69, 9.17) is 4.98 Å². The van der Waals surface area contributed by atoms with E-state index in [1.807, 2.05) is 12.4 Å². The van der Waals surface area contributed by atoms with Crippen LogP contribution in [0.1, 0.15) is 30.5 Å². The van der Waals surface area contributed by atoms with Crippen molar-refractivity contribution in [3.8, 4) is 11.3 Å². The van der Waals surface area contributed by atoms with Crippen molar-refractivity contribution in [2.75, 3.05) is 0 Å². The molecule has 0 radical (unpaired) electrons. The first-order valence-corrected chi connectivity index (χ1v) is 8.36. The Labute approximate surface area is 141 Å². The zero-order valence-corrected chi connectivity index (χ0v) is 14.1. The highest BCUT2D eigenvalue weighted by molar-refractivity contribution is 6.04. The summed E-state index contributed by atoms with van der Waals surface area (Å²) in [5.41, 5.74) is 7.19. The minimum atomic E-state index is -0.106. The molecule has 0 fully saturated rings. The van der Waals surface area contributed by atoms with Crippen molar-refractivity contribution in [3.05, 3.63) is 71.5 Å². The third-order valence-electron chi connectivity index (χ3n) is 5.47. The largest absolute Gasteiger partial charge is 0.256 e. The summed E-state index contributed by atoms with van der Waals surface area (Å²) in [4.78, 5) is 9.47. The van der Waals surface area contributed by atoms with Gasteiger partial charge in [0.25, 0.3) is 0 Å². The lowest BCUT2D eigenvalue weighted by atomic mass is 9.69. The lowest BCUT2D eigenvalue weighted by Gasteiger charge is -2.35. The van der Waals surface area contributed by atoms with Crippen molar-refractivity contribution in [1.29, 1.82) is 0 Å². The molecule has 24 heavy (non-hydrogen) atoms. The molecule has 2 heteroatoms. The molecule has 0 amide bonds. The number of aromatic nitrogens is 2. The number of hydrogen-bond acceptors (Lipinski definition) is 2. The Bertz CT molecular complexity index is 1130. The smallest absolute Gasteiger partial charge is 0.0756 e. The van der Waals surface area contributed by atoms with Crippen molar-refractivity contribution in [2.45, 2.75) is 26.2 Å². The summed E-state index contributed by atoms with van der Waals surface area (Å²) in [6, 6.07) is 15.1. The molecule has 0 atom stereocenters. The van der Waals surface area contributed by atoms with E-state index in [2.05, 4.69) is 68.2 Å². The molecule has 2 aromatic carbocycles. The van der Waals surface area contributed by atoms with E-state index < -0.39 is 0 Å². The molecule has 4 aromatic rings. The Balaban J connectivity index is 2.06. The van der Waals surface area contributed by atoms with Gasteiger partial charge in [0.2, 0.25) is 0 Å². The number of aryl methyl sites for hydroxylation is 1. The van der Waals surface area contributed by atoms with Crippen LogP contribution in [0.3, 0.4) is 0 Å². The Kier molecular flexibility index (Phi) is 2.52. The predicted molar refractivity (Wildman–Crippen MR) is 99.3 cm³/mol. The summed E-state index contributed by atoms with van der Waals surface area (Å²) >= 11 is 0. The highest BCUT2D eigenvalue weighted by Gasteiger charge is 2.35. The van der Waals surface area contributed by atoms with E-state index in [9.17, 15) is 0 Å². The molecule has 0 aliphatic heterocycles. The zero-order chi connectivity index (χ0) is 16.5. The molecule has 0 saturated heterocycles. The van der Waals surface area contributed by atoms with E-state index in [1.54, 1.807) is 0 Å². The molecular formula is C22H18N2. The Morgan fingerprint density at radius 3 is 2.58 bits per heavy atom. The molecule has 0 N–H and O–H groups in total. The quantitative estimate of drug-likeness (QED) is 0.435. The summed E-state index contributed by atoms with van der Waals surface area (Å²) in [6.45, 7) is 6.77. The summed E-state index contributed by atoms with van der Waals surface area (Å²) in [5, 5.41) is 3.80. The minimum Gasteiger partial charge on any atom is -0.256 e. The van der Waals surface area contributed by atoms with Gasteiger partial charge in [-0.05, 0) is 41.1 Å². The van der Waals surface area contributed by atoms with Crippen LogP contribution < -0.4 is 0 Å². The average Bonchev–Trinajstić information content (AvgIpc) is 2.59. The van der Waals surface area contributed by atoms with Gasteiger partial charge < -0.3 is 0 Å². The Morgan fingerprint density at radius 1 is 0.875 bits per heavy atom. The SMILES string of the molecule is Cc1cccc2c3c(ncc12)-c1ccnc2cccc(c12)C3(C)C. The van der Waals surface area contributed by atoms with Crippen LogP contribution in [0.25, 0.3) is 32.9 Å². The van der Waals surface area contributed by atoms with Crippen LogP contribution >= 0.6 is 0 Å². The number of nitrogens with zero attached hydrogens (tertiary/aromatic N) is 2. The number of fused-ring (bicyclic) bond motifs is 4. The molecule has 1 aliphatic carbocycles. The first kappa shape index (κ1) is 13.7. The van der Waals surface area contributed by atoms with Crippen LogP contribution in [0, 0.1) is 6.92 Å². The lowest BCUT2D eigenvalue weighted by Crippen LogP contribution is -2.25. The minimum absolute atomic E-state index is 0.106. The first-order chi connectivity index (χ1) is 11.6. The molecule has 0 saturated carbocycles. The van der Waals surface area contributed by atoms with Crippen molar-refractivity contribution in [3.63, 3.8) is 0 Å².